The van der Waals surface area contributed by atoms with E-state index in [1.54, 1.807) is 12.1 Å². The maximum atomic E-state index is 13.2. The number of hydrogen-bond donors (Lipinski definition) is 1. The smallest absolute Gasteiger partial charge is 0.331 e. The molecule has 0 saturated heterocycles. The number of carbonyl (C=O) groups is 2. The summed E-state index contributed by atoms with van der Waals surface area (Å²) >= 11 is 0. The first kappa shape index (κ1) is 21.7. The highest BCUT2D eigenvalue weighted by molar-refractivity contribution is 5.96. The van der Waals surface area contributed by atoms with Crippen molar-refractivity contribution in [2.45, 2.75) is 13.0 Å². The van der Waals surface area contributed by atoms with Gasteiger partial charge in [-0.2, -0.15) is 0 Å². The van der Waals surface area contributed by atoms with Crippen LogP contribution in [0.5, 0.6) is 17.2 Å². The molecule has 0 spiro atoms. The van der Waals surface area contributed by atoms with Crippen LogP contribution in [0.1, 0.15) is 12.5 Å². The Hall–Kier alpha value is -3.55. The second-order valence-electron chi connectivity index (χ2n) is 5.86. The minimum Gasteiger partial charge on any atom is -0.496 e. The monoisotopic (exact) mass is 403 g/mol. The van der Waals surface area contributed by atoms with E-state index >= 15 is 0 Å². The Morgan fingerprint density at radius 2 is 1.66 bits per heavy atom. The first-order valence-electron chi connectivity index (χ1n) is 8.63. The van der Waals surface area contributed by atoms with Gasteiger partial charge in [0.2, 0.25) is 0 Å². The predicted octanol–water partition coefficient (Wildman–Crippen LogP) is 3.44. The summed E-state index contributed by atoms with van der Waals surface area (Å²) in [5, 5.41) is 2.48. The molecule has 2 aromatic rings. The van der Waals surface area contributed by atoms with Crippen molar-refractivity contribution < 1.29 is 32.9 Å². The predicted molar refractivity (Wildman–Crippen MR) is 106 cm³/mol. The molecule has 29 heavy (non-hydrogen) atoms. The molecule has 0 aromatic heterocycles. The molecule has 1 N–H and O–H groups in total. The van der Waals surface area contributed by atoms with Gasteiger partial charge in [-0.3, -0.25) is 4.79 Å². The number of methoxy groups -OCH3 is 3. The minimum atomic E-state index is -1.08. The molecular formula is C21H22FNO6. The fourth-order valence-corrected chi connectivity index (χ4v) is 2.42. The van der Waals surface area contributed by atoms with Crippen LogP contribution < -0.4 is 19.5 Å². The van der Waals surface area contributed by atoms with Crippen LogP contribution in [0.4, 0.5) is 10.1 Å². The number of hydrogen-bond acceptors (Lipinski definition) is 6. The molecule has 8 heteroatoms. The van der Waals surface area contributed by atoms with E-state index in [9.17, 15) is 14.0 Å². The Morgan fingerprint density at radius 3 is 2.28 bits per heavy atom. The van der Waals surface area contributed by atoms with Crippen molar-refractivity contribution in [1.29, 1.82) is 0 Å². The summed E-state index contributed by atoms with van der Waals surface area (Å²) < 4.78 is 34.0. The summed E-state index contributed by atoms with van der Waals surface area (Å²) in [5.74, 6) is -0.400. The molecule has 0 bridgehead atoms. The number of nitrogens with one attached hydrogen (secondary N) is 1. The van der Waals surface area contributed by atoms with Crippen LogP contribution in [-0.2, 0) is 14.3 Å². The van der Waals surface area contributed by atoms with Crippen LogP contribution in [0.3, 0.4) is 0 Å². The first-order valence-corrected chi connectivity index (χ1v) is 8.63. The summed E-state index contributed by atoms with van der Waals surface area (Å²) in [6.45, 7) is 1.41. The van der Waals surface area contributed by atoms with Gasteiger partial charge in [0, 0.05) is 23.4 Å². The van der Waals surface area contributed by atoms with Crippen molar-refractivity contribution >= 4 is 23.6 Å². The van der Waals surface area contributed by atoms with Gasteiger partial charge in [-0.1, -0.05) is 6.07 Å². The molecule has 2 rings (SSSR count). The van der Waals surface area contributed by atoms with Gasteiger partial charge < -0.3 is 24.3 Å². The Labute approximate surface area is 168 Å². The number of anilines is 1. The molecular weight excluding hydrogens is 381 g/mol. The molecule has 0 fully saturated rings. The number of benzene rings is 2. The van der Waals surface area contributed by atoms with Crippen LogP contribution in [0.2, 0.25) is 0 Å². The second-order valence-corrected chi connectivity index (χ2v) is 5.86. The van der Waals surface area contributed by atoms with E-state index in [0.717, 1.165) is 12.1 Å². The number of halogens is 1. The van der Waals surface area contributed by atoms with Gasteiger partial charge in [-0.15, -0.1) is 0 Å². The van der Waals surface area contributed by atoms with E-state index in [2.05, 4.69) is 5.32 Å². The van der Waals surface area contributed by atoms with Gasteiger partial charge in [0.05, 0.1) is 21.3 Å². The van der Waals surface area contributed by atoms with Crippen LogP contribution in [0, 0.1) is 5.82 Å². The Morgan fingerprint density at radius 1 is 1.00 bits per heavy atom. The lowest BCUT2D eigenvalue weighted by atomic mass is 10.1. The van der Waals surface area contributed by atoms with Crippen LogP contribution in [0.25, 0.3) is 6.08 Å². The molecule has 154 valence electrons. The van der Waals surface area contributed by atoms with Gasteiger partial charge in [0.1, 0.15) is 11.6 Å². The van der Waals surface area contributed by atoms with E-state index < -0.39 is 23.8 Å². The SMILES string of the molecule is COc1cc(OC)c(OC)cc1/C=C/C(=O)O[C@H](C)C(=O)Nc1cccc(F)c1. The summed E-state index contributed by atoms with van der Waals surface area (Å²) in [6.07, 6.45) is 1.55. The van der Waals surface area contributed by atoms with Crippen LogP contribution in [0.15, 0.2) is 42.5 Å². The number of amides is 1. The van der Waals surface area contributed by atoms with Crippen LogP contribution in [-0.4, -0.2) is 39.3 Å². The second kappa shape index (κ2) is 10.1. The van der Waals surface area contributed by atoms with Gasteiger partial charge in [-0.05, 0) is 37.3 Å². The summed E-state index contributed by atoms with van der Waals surface area (Å²) in [6, 6.07) is 8.67. The van der Waals surface area contributed by atoms with Gasteiger partial charge >= 0.3 is 5.97 Å². The lowest BCUT2D eigenvalue weighted by Crippen LogP contribution is -2.29. The molecule has 1 atom stereocenters. The molecule has 0 unspecified atom stereocenters. The standard InChI is InChI=1S/C21H22FNO6/c1-13(21(25)23-16-7-5-6-15(22)11-16)29-20(24)9-8-14-10-18(27-3)19(28-4)12-17(14)26-2/h5-13H,1-4H3,(H,23,25)/b9-8+/t13-/m1/s1. The third-order valence-electron chi connectivity index (χ3n) is 3.89. The highest BCUT2D eigenvalue weighted by atomic mass is 19.1. The maximum Gasteiger partial charge on any atom is 0.331 e. The molecule has 7 nitrogen and oxygen atoms in total. The average molecular weight is 403 g/mol. The van der Waals surface area contributed by atoms with Crippen molar-refractivity contribution in [3.63, 3.8) is 0 Å². The van der Waals surface area contributed by atoms with E-state index in [4.69, 9.17) is 18.9 Å². The molecule has 1 amide bonds. The van der Waals surface area contributed by atoms with Gasteiger partial charge in [0.15, 0.2) is 17.6 Å². The maximum absolute atomic E-state index is 13.2. The summed E-state index contributed by atoms with van der Waals surface area (Å²) in [7, 11) is 4.47. The normalized spacial score (nSPS) is 11.6. The lowest BCUT2D eigenvalue weighted by molar-refractivity contribution is -0.148. The minimum absolute atomic E-state index is 0.267. The highest BCUT2D eigenvalue weighted by Gasteiger charge is 2.17. The first-order chi connectivity index (χ1) is 13.9. The van der Waals surface area contributed by atoms with Crippen molar-refractivity contribution in [3.05, 3.63) is 53.9 Å². The highest BCUT2D eigenvalue weighted by Crippen LogP contribution is 2.35. The molecule has 0 aliphatic heterocycles. The zero-order chi connectivity index (χ0) is 21.4. The summed E-state index contributed by atoms with van der Waals surface area (Å²) in [5.41, 5.74) is 0.822. The molecule has 2 aromatic carbocycles. The molecule has 0 aliphatic carbocycles. The summed E-state index contributed by atoms with van der Waals surface area (Å²) in [4.78, 5) is 24.2. The van der Waals surface area contributed by atoms with Gasteiger partial charge in [-0.25, -0.2) is 9.18 Å². The van der Waals surface area contributed by atoms with Gasteiger partial charge in [0.25, 0.3) is 5.91 Å². The quantitative estimate of drug-likeness (QED) is 0.537. The van der Waals surface area contributed by atoms with E-state index in [0.29, 0.717) is 22.8 Å². The lowest BCUT2D eigenvalue weighted by Gasteiger charge is -2.13. The third-order valence-corrected chi connectivity index (χ3v) is 3.89. The topological polar surface area (TPSA) is 83.1 Å². The average Bonchev–Trinajstić information content (AvgIpc) is 2.71. The van der Waals surface area contributed by atoms with Crippen LogP contribution >= 0.6 is 0 Å². The number of rotatable bonds is 8. The molecule has 0 heterocycles. The Balaban J connectivity index is 2.04. The van der Waals surface area contributed by atoms with Crippen molar-refractivity contribution in [2.75, 3.05) is 26.6 Å². The molecule has 0 saturated carbocycles. The number of esters is 1. The van der Waals surface area contributed by atoms with E-state index in [1.165, 1.54) is 52.5 Å². The largest absolute Gasteiger partial charge is 0.496 e. The van der Waals surface area contributed by atoms with Crippen molar-refractivity contribution in [2.24, 2.45) is 0 Å². The molecule has 0 aliphatic rings. The number of ether oxygens (including phenoxy) is 4. The fraction of sp³-hybridized carbons (Fsp3) is 0.238. The Bertz CT molecular complexity index is 912. The zero-order valence-electron chi connectivity index (χ0n) is 16.5. The van der Waals surface area contributed by atoms with E-state index in [1.807, 2.05) is 0 Å². The number of carbonyl (C=O) groups excluding carboxylic acids is 2. The Kier molecular flexibility index (Phi) is 7.59. The fourth-order valence-electron chi connectivity index (χ4n) is 2.42. The third kappa shape index (κ3) is 5.97. The van der Waals surface area contributed by atoms with Crippen molar-refractivity contribution in [3.8, 4) is 17.2 Å². The van der Waals surface area contributed by atoms with E-state index in [-0.39, 0.29) is 5.69 Å². The van der Waals surface area contributed by atoms with Crippen molar-refractivity contribution in [1.82, 2.24) is 0 Å². The molecule has 0 radical (unpaired) electrons. The zero-order valence-corrected chi connectivity index (χ0v) is 16.5.